The minimum Gasteiger partial charge on any atom is -0.493 e. The summed E-state index contributed by atoms with van der Waals surface area (Å²) < 4.78 is 16.0. The lowest BCUT2D eigenvalue weighted by Crippen LogP contribution is -2.15. The first-order chi connectivity index (χ1) is 15.2. The summed E-state index contributed by atoms with van der Waals surface area (Å²) in [6.45, 7) is 0.416. The topological polar surface area (TPSA) is 134 Å². The van der Waals surface area contributed by atoms with Crippen LogP contribution in [0.25, 0.3) is 10.8 Å². The summed E-state index contributed by atoms with van der Waals surface area (Å²) >= 11 is 0. The standard InChI is InChI=1S/C22H20N6O3/c1-29-19-11-14(12-25-26-21(23)20-22(24)28-31-27-20)9-10-18(19)30-13-16-7-4-6-15-5-2-3-8-17(15)16/h2-12H,13H2,1H3,(H2,23,26)(H2,24,28)/b25-12+. The van der Waals surface area contributed by atoms with Crippen molar-refractivity contribution < 1.29 is 14.1 Å². The molecule has 156 valence electrons. The second-order valence-corrected chi connectivity index (χ2v) is 6.57. The van der Waals surface area contributed by atoms with Crippen molar-refractivity contribution >= 4 is 28.6 Å². The highest BCUT2D eigenvalue weighted by molar-refractivity contribution is 5.99. The average Bonchev–Trinajstić information content (AvgIpc) is 3.24. The van der Waals surface area contributed by atoms with Crippen molar-refractivity contribution in [3.05, 3.63) is 77.5 Å². The molecule has 0 aliphatic heterocycles. The summed E-state index contributed by atoms with van der Waals surface area (Å²) in [4.78, 5) is 0. The van der Waals surface area contributed by atoms with Crippen molar-refractivity contribution in [2.75, 3.05) is 12.8 Å². The fourth-order valence-corrected chi connectivity index (χ4v) is 3.04. The number of nitrogens with two attached hydrogens (primary N) is 2. The first kappa shape index (κ1) is 19.9. The quantitative estimate of drug-likeness (QED) is 0.268. The van der Waals surface area contributed by atoms with Crippen LogP contribution in [0.4, 0.5) is 5.82 Å². The van der Waals surface area contributed by atoms with E-state index in [4.69, 9.17) is 20.9 Å². The number of methoxy groups -OCH3 is 1. The fraction of sp³-hybridized carbons (Fsp3) is 0.0909. The zero-order chi connectivity index (χ0) is 21.6. The highest BCUT2D eigenvalue weighted by Gasteiger charge is 2.10. The van der Waals surface area contributed by atoms with Gasteiger partial charge in [-0.3, -0.25) is 0 Å². The Morgan fingerprint density at radius 2 is 1.90 bits per heavy atom. The van der Waals surface area contributed by atoms with Crippen LogP contribution in [0.1, 0.15) is 16.8 Å². The number of hydrogen-bond acceptors (Lipinski definition) is 8. The van der Waals surface area contributed by atoms with Gasteiger partial charge in [0.15, 0.2) is 28.8 Å². The van der Waals surface area contributed by atoms with Gasteiger partial charge in [0.2, 0.25) is 0 Å². The Balaban J connectivity index is 1.48. The number of amidine groups is 1. The molecule has 0 aliphatic carbocycles. The van der Waals surface area contributed by atoms with E-state index < -0.39 is 0 Å². The molecule has 9 nitrogen and oxygen atoms in total. The number of nitrogen functional groups attached to an aromatic ring is 1. The van der Waals surface area contributed by atoms with Crippen molar-refractivity contribution in [3.8, 4) is 11.5 Å². The zero-order valence-corrected chi connectivity index (χ0v) is 16.7. The summed E-state index contributed by atoms with van der Waals surface area (Å²) in [7, 11) is 1.58. The van der Waals surface area contributed by atoms with Gasteiger partial charge in [-0.05, 0) is 50.4 Å². The normalized spacial score (nSPS) is 11.8. The lowest BCUT2D eigenvalue weighted by atomic mass is 10.1. The summed E-state index contributed by atoms with van der Waals surface area (Å²) in [6.07, 6.45) is 1.52. The fourth-order valence-electron chi connectivity index (χ4n) is 3.04. The monoisotopic (exact) mass is 416 g/mol. The molecule has 4 rings (SSSR count). The van der Waals surface area contributed by atoms with Crippen molar-refractivity contribution in [2.45, 2.75) is 6.61 Å². The van der Waals surface area contributed by atoms with Gasteiger partial charge in [-0.15, -0.1) is 5.10 Å². The van der Waals surface area contributed by atoms with Crippen molar-refractivity contribution in [3.63, 3.8) is 0 Å². The van der Waals surface area contributed by atoms with Crippen LogP contribution >= 0.6 is 0 Å². The molecule has 9 heteroatoms. The van der Waals surface area contributed by atoms with E-state index in [2.05, 4.69) is 49.4 Å². The first-order valence-corrected chi connectivity index (χ1v) is 9.38. The molecular weight excluding hydrogens is 396 g/mol. The predicted octanol–water partition coefficient (Wildman–Crippen LogP) is 3.13. The molecule has 0 unspecified atom stereocenters. The maximum absolute atomic E-state index is 6.03. The van der Waals surface area contributed by atoms with Gasteiger partial charge in [0.05, 0.1) is 13.3 Å². The Bertz CT molecular complexity index is 1260. The maximum atomic E-state index is 6.03. The number of anilines is 1. The first-order valence-electron chi connectivity index (χ1n) is 9.38. The van der Waals surface area contributed by atoms with Crippen LogP contribution in [0.5, 0.6) is 11.5 Å². The van der Waals surface area contributed by atoms with Crippen LogP contribution in [0, 0.1) is 0 Å². The minimum atomic E-state index is -0.00277. The summed E-state index contributed by atoms with van der Waals surface area (Å²) in [6, 6.07) is 19.8. The largest absolute Gasteiger partial charge is 0.493 e. The van der Waals surface area contributed by atoms with Gasteiger partial charge in [-0.25, -0.2) is 4.63 Å². The van der Waals surface area contributed by atoms with E-state index in [0.717, 1.165) is 16.5 Å². The van der Waals surface area contributed by atoms with Gasteiger partial charge in [-0.1, -0.05) is 42.5 Å². The average molecular weight is 416 g/mol. The Hall–Kier alpha value is -4.40. The number of ether oxygens (including phenoxy) is 2. The highest BCUT2D eigenvalue weighted by Crippen LogP contribution is 2.29. The third-order valence-corrected chi connectivity index (χ3v) is 4.58. The molecule has 0 saturated carbocycles. The molecule has 0 amide bonds. The van der Waals surface area contributed by atoms with Crippen LogP contribution in [0.15, 0.2) is 75.5 Å². The molecule has 31 heavy (non-hydrogen) atoms. The zero-order valence-electron chi connectivity index (χ0n) is 16.7. The van der Waals surface area contributed by atoms with Gasteiger partial charge in [-0.2, -0.15) is 5.10 Å². The number of fused-ring (bicyclic) bond motifs is 1. The molecule has 0 radical (unpaired) electrons. The smallest absolute Gasteiger partial charge is 0.199 e. The van der Waals surface area contributed by atoms with E-state index >= 15 is 0 Å². The molecule has 1 heterocycles. The van der Waals surface area contributed by atoms with Crippen molar-refractivity contribution in [1.82, 2.24) is 10.3 Å². The highest BCUT2D eigenvalue weighted by atomic mass is 16.6. The lowest BCUT2D eigenvalue weighted by Gasteiger charge is -2.12. The van der Waals surface area contributed by atoms with Gasteiger partial charge >= 0.3 is 0 Å². The summed E-state index contributed by atoms with van der Waals surface area (Å²) in [5, 5.41) is 17.1. The van der Waals surface area contributed by atoms with Crippen LogP contribution in [-0.4, -0.2) is 29.5 Å². The van der Waals surface area contributed by atoms with E-state index in [9.17, 15) is 0 Å². The Morgan fingerprint density at radius 3 is 2.71 bits per heavy atom. The number of rotatable bonds is 7. The number of benzene rings is 3. The van der Waals surface area contributed by atoms with E-state index in [1.165, 1.54) is 11.6 Å². The molecule has 1 aromatic heterocycles. The third kappa shape index (κ3) is 4.45. The van der Waals surface area contributed by atoms with Crippen LogP contribution < -0.4 is 20.9 Å². The van der Waals surface area contributed by atoms with E-state index in [-0.39, 0.29) is 17.3 Å². The van der Waals surface area contributed by atoms with Crippen LogP contribution in [0.2, 0.25) is 0 Å². The maximum Gasteiger partial charge on any atom is 0.199 e. The Labute approximate surface area is 177 Å². The van der Waals surface area contributed by atoms with Crippen molar-refractivity contribution in [2.24, 2.45) is 15.9 Å². The molecule has 3 aromatic carbocycles. The SMILES string of the molecule is COc1cc(/C=N/N=C(\N)c2nonc2N)ccc1OCc1cccc2ccccc12. The number of hydrogen-bond donors (Lipinski definition) is 2. The second-order valence-electron chi connectivity index (χ2n) is 6.57. The third-order valence-electron chi connectivity index (χ3n) is 4.58. The van der Waals surface area contributed by atoms with E-state index in [1.54, 1.807) is 13.2 Å². The molecule has 0 spiro atoms. The van der Waals surface area contributed by atoms with Gasteiger partial charge in [0, 0.05) is 0 Å². The summed E-state index contributed by atoms with van der Waals surface area (Å²) in [5.74, 6) is 1.24. The Kier molecular flexibility index (Phi) is 5.75. The van der Waals surface area contributed by atoms with Crippen LogP contribution in [-0.2, 0) is 6.61 Å². The van der Waals surface area contributed by atoms with E-state index in [0.29, 0.717) is 18.1 Å². The molecule has 0 bridgehead atoms. The molecule has 4 aromatic rings. The molecule has 0 fully saturated rings. The van der Waals surface area contributed by atoms with Gasteiger partial charge < -0.3 is 20.9 Å². The predicted molar refractivity (Wildman–Crippen MR) is 118 cm³/mol. The molecular formula is C22H20N6O3. The molecule has 0 aliphatic rings. The summed E-state index contributed by atoms with van der Waals surface area (Å²) in [5.41, 5.74) is 13.3. The lowest BCUT2D eigenvalue weighted by molar-refractivity contribution is 0.285. The van der Waals surface area contributed by atoms with Crippen LogP contribution in [0.3, 0.4) is 0 Å². The van der Waals surface area contributed by atoms with Crippen molar-refractivity contribution in [1.29, 1.82) is 0 Å². The molecule has 0 atom stereocenters. The minimum absolute atomic E-state index is 0.00277. The Morgan fingerprint density at radius 1 is 1.06 bits per heavy atom. The van der Waals surface area contributed by atoms with Gasteiger partial charge in [0.25, 0.3) is 0 Å². The van der Waals surface area contributed by atoms with E-state index in [1.807, 2.05) is 30.3 Å². The molecule has 4 N–H and O–H groups in total. The molecule has 0 saturated heterocycles. The number of nitrogens with zero attached hydrogens (tertiary/aromatic N) is 4. The number of aromatic nitrogens is 2. The second kappa shape index (κ2) is 8.95. The van der Waals surface area contributed by atoms with Gasteiger partial charge in [0.1, 0.15) is 6.61 Å².